The molecule has 0 fully saturated rings. The number of sulfonamides is 1. The number of aromatic amines is 1. The molecule has 0 aliphatic rings. The summed E-state index contributed by atoms with van der Waals surface area (Å²) >= 11 is 0. The highest BCUT2D eigenvalue weighted by Crippen LogP contribution is 2.36. The van der Waals surface area contributed by atoms with E-state index in [1.165, 1.54) is 0 Å². The Morgan fingerprint density at radius 2 is 2.00 bits per heavy atom. The smallest absolute Gasteiger partial charge is 0.272 e. The molecule has 0 saturated heterocycles. The van der Waals surface area contributed by atoms with Crippen LogP contribution < -0.4 is 15.0 Å². The zero-order valence-electron chi connectivity index (χ0n) is 15.7. The van der Waals surface area contributed by atoms with E-state index in [-0.39, 0.29) is 5.56 Å². The molecule has 148 valence electrons. The third-order valence-corrected chi connectivity index (χ3v) is 4.90. The second-order valence-electron chi connectivity index (χ2n) is 6.58. The van der Waals surface area contributed by atoms with Crippen LogP contribution in [-0.2, 0) is 10.0 Å². The molecule has 3 aromatic heterocycles. The lowest BCUT2D eigenvalue weighted by Crippen LogP contribution is -2.10. The predicted molar refractivity (Wildman–Crippen MR) is 111 cm³/mol. The molecule has 4 aromatic rings. The van der Waals surface area contributed by atoms with E-state index < -0.39 is 10.0 Å². The summed E-state index contributed by atoms with van der Waals surface area (Å²) in [4.78, 5) is 19.1. The lowest BCUT2D eigenvalue weighted by atomic mass is 10.1. The maximum absolute atomic E-state index is 12.3. The van der Waals surface area contributed by atoms with Gasteiger partial charge in [0.2, 0.25) is 15.9 Å². The second kappa shape index (κ2) is 7.10. The van der Waals surface area contributed by atoms with E-state index in [9.17, 15) is 13.2 Å². The Morgan fingerprint density at radius 3 is 2.72 bits per heavy atom. The Balaban J connectivity index is 1.93. The molecule has 0 unspecified atom stereocenters. The molecule has 0 radical (unpaired) electrons. The number of nitrogens with zero attached hydrogens (tertiary/aromatic N) is 2. The van der Waals surface area contributed by atoms with Gasteiger partial charge in [0.05, 0.1) is 11.9 Å². The lowest BCUT2D eigenvalue weighted by molar-refractivity contribution is 0.464. The van der Waals surface area contributed by atoms with Gasteiger partial charge in [-0.1, -0.05) is 6.07 Å². The Labute approximate surface area is 166 Å². The number of aryl methyl sites for hydroxylation is 1. The first kappa shape index (κ1) is 18.8. The van der Waals surface area contributed by atoms with Crippen molar-refractivity contribution in [3.8, 4) is 22.9 Å². The Kier molecular flexibility index (Phi) is 4.59. The van der Waals surface area contributed by atoms with Crippen molar-refractivity contribution in [3.63, 3.8) is 0 Å². The first-order valence-corrected chi connectivity index (χ1v) is 10.6. The van der Waals surface area contributed by atoms with Gasteiger partial charge in [0.15, 0.2) is 0 Å². The fourth-order valence-electron chi connectivity index (χ4n) is 3.18. The van der Waals surface area contributed by atoms with E-state index in [1.807, 2.05) is 13.0 Å². The van der Waals surface area contributed by atoms with Crippen molar-refractivity contribution in [2.75, 3.05) is 11.0 Å². The van der Waals surface area contributed by atoms with Crippen LogP contribution in [0.5, 0.6) is 11.6 Å². The molecule has 0 bridgehead atoms. The molecule has 0 spiro atoms. The maximum Gasteiger partial charge on any atom is 0.272 e. The van der Waals surface area contributed by atoms with Crippen LogP contribution in [0.4, 0.5) is 5.69 Å². The van der Waals surface area contributed by atoms with Crippen LogP contribution in [0.15, 0.2) is 65.8 Å². The number of H-pyrrole nitrogens is 1. The highest BCUT2D eigenvalue weighted by molar-refractivity contribution is 7.92. The standard InChI is InChI=1S/C20H18N4O4S/c1-13-11-16(24-10-9-22-20(25)19(13)24)15-12-14(23-29(2,26)27)6-7-17(15)28-18-5-3-4-8-21-18/h3-12,23H,1-2H3,(H,22,25). The molecule has 3 heterocycles. The second-order valence-corrected chi connectivity index (χ2v) is 8.32. The lowest BCUT2D eigenvalue weighted by Gasteiger charge is -2.13. The molecule has 0 amide bonds. The van der Waals surface area contributed by atoms with Crippen LogP contribution in [0.2, 0.25) is 0 Å². The summed E-state index contributed by atoms with van der Waals surface area (Å²) in [5, 5.41) is 0. The maximum atomic E-state index is 12.3. The molecule has 1 aromatic carbocycles. The van der Waals surface area contributed by atoms with E-state index in [1.54, 1.807) is 59.4 Å². The molecule has 2 N–H and O–H groups in total. The Morgan fingerprint density at radius 1 is 1.17 bits per heavy atom. The summed E-state index contributed by atoms with van der Waals surface area (Å²) in [6, 6.07) is 12.1. The fraction of sp³-hybridized carbons (Fsp3) is 0.100. The molecule has 0 aliphatic heterocycles. The molecular weight excluding hydrogens is 392 g/mol. The van der Waals surface area contributed by atoms with Gasteiger partial charge in [-0.3, -0.25) is 9.52 Å². The molecule has 4 rings (SSSR count). The first-order chi connectivity index (χ1) is 13.8. The zero-order valence-corrected chi connectivity index (χ0v) is 16.5. The van der Waals surface area contributed by atoms with Gasteiger partial charge < -0.3 is 14.1 Å². The number of ether oxygens (including phenoxy) is 1. The molecular formula is C20H18N4O4S. The summed E-state index contributed by atoms with van der Waals surface area (Å²) in [5.41, 5.74) is 2.76. The number of benzene rings is 1. The van der Waals surface area contributed by atoms with Crippen molar-refractivity contribution >= 4 is 21.2 Å². The van der Waals surface area contributed by atoms with E-state index in [4.69, 9.17) is 4.74 Å². The van der Waals surface area contributed by atoms with Gasteiger partial charge in [-0.15, -0.1) is 0 Å². The summed E-state index contributed by atoms with van der Waals surface area (Å²) < 4.78 is 33.5. The van der Waals surface area contributed by atoms with Gasteiger partial charge >= 0.3 is 0 Å². The average molecular weight is 410 g/mol. The van der Waals surface area contributed by atoms with Gasteiger partial charge in [-0.2, -0.15) is 0 Å². The fourth-order valence-corrected chi connectivity index (χ4v) is 3.73. The third kappa shape index (κ3) is 3.85. The number of pyridine rings is 1. The molecule has 0 atom stereocenters. The van der Waals surface area contributed by atoms with Crippen LogP contribution in [-0.4, -0.2) is 29.0 Å². The molecule has 9 heteroatoms. The number of hydrogen-bond donors (Lipinski definition) is 2. The van der Waals surface area contributed by atoms with E-state index in [0.717, 1.165) is 11.8 Å². The van der Waals surface area contributed by atoms with Crippen LogP contribution in [0.25, 0.3) is 16.8 Å². The summed E-state index contributed by atoms with van der Waals surface area (Å²) in [7, 11) is -3.46. The van der Waals surface area contributed by atoms with Gasteiger partial charge in [0.1, 0.15) is 11.3 Å². The number of anilines is 1. The predicted octanol–water partition coefficient (Wildman–Crippen LogP) is 3.16. The van der Waals surface area contributed by atoms with Gasteiger partial charge in [-0.05, 0) is 42.8 Å². The van der Waals surface area contributed by atoms with Crippen molar-refractivity contribution in [2.24, 2.45) is 0 Å². The summed E-state index contributed by atoms with van der Waals surface area (Å²) in [5.74, 6) is 0.871. The highest BCUT2D eigenvalue weighted by Gasteiger charge is 2.17. The largest absolute Gasteiger partial charge is 0.438 e. The topological polar surface area (TPSA) is 106 Å². The number of hydrogen-bond acceptors (Lipinski definition) is 5. The van der Waals surface area contributed by atoms with Crippen molar-refractivity contribution in [1.82, 2.24) is 14.4 Å². The van der Waals surface area contributed by atoms with Crippen molar-refractivity contribution in [1.29, 1.82) is 0 Å². The molecule has 8 nitrogen and oxygen atoms in total. The van der Waals surface area contributed by atoms with Crippen LogP contribution in [0.1, 0.15) is 5.56 Å². The third-order valence-electron chi connectivity index (χ3n) is 4.29. The van der Waals surface area contributed by atoms with Crippen LogP contribution in [0, 0.1) is 6.92 Å². The first-order valence-electron chi connectivity index (χ1n) is 8.72. The summed E-state index contributed by atoms with van der Waals surface area (Å²) in [6.45, 7) is 1.84. The minimum absolute atomic E-state index is 0.214. The monoisotopic (exact) mass is 410 g/mol. The van der Waals surface area contributed by atoms with Crippen LogP contribution >= 0.6 is 0 Å². The van der Waals surface area contributed by atoms with E-state index in [0.29, 0.717) is 34.1 Å². The normalized spacial score (nSPS) is 11.5. The van der Waals surface area contributed by atoms with Crippen molar-refractivity contribution in [2.45, 2.75) is 6.92 Å². The minimum Gasteiger partial charge on any atom is -0.438 e. The molecule has 0 saturated carbocycles. The highest BCUT2D eigenvalue weighted by atomic mass is 32.2. The quantitative estimate of drug-likeness (QED) is 0.526. The summed E-state index contributed by atoms with van der Waals surface area (Å²) in [6.07, 6.45) is 5.99. The van der Waals surface area contributed by atoms with E-state index in [2.05, 4.69) is 14.7 Å². The zero-order chi connectivity index (χ0) is 20.6. The Hall–Kier alpha value is -3.59. The van der Waals surface area contributed by atoms with Crippen LogP contribution in [0.3, 0.4) is 0 Å². The SMILES string of the molecule is Cc1cc(-c2cc(NS(C)(=O)=O)ccc2Oc2ccccn2)n2cc[nH]c(=O)c12. The van der Waals surface area contributed by atoms with E-state index >= 15 is 0 Å². The van der Waals surface area contributed by atoms with Crippen molar-refractivity contribution in [3.05, 3.63) is 77.0 Å². The van der Waals surface area contributed by atoms with Gasteiger partial charge in [0.25, 0.3) is 5.56 Å². The number of aromatic nitrogens is 3. The Bertz CT molecular complexity index is 1360. The number of rotatable bonds is 5. The van der Waals surface area contributed by atoms with Gasteiger partial charge in [-0.25, -0.2) is 13.4 Å². The number of nitrogens with one attached hydrogen (secondary N) is 2. The molecule has 0 aliphatic carbocycles. The minimum atomic E-state index is -3.46. The molecule has 29 heavy (non-hydrogen) atoms. The number of fused-ring (bicyclic) bond motifs is 1. The van der Waals surface area contributed by atoms with Gasteiger partial charge in [0, 0.05) is 35.9 Å². The van der Waals surface area contributed by atoms with Crippen molar-refractivity contribution < 1.29 is 13.2 Å². The average Bonchev–Trinajstić information content (AvgIpc) is 3.00.